The van der Waals surface area contributed by atoms with Gasteiger partial charge in [-0.2, -0.15) is 5.26 Å². The van der Waals surface area contributed by atoms with Crippen molar-refractivity contribution in [3.05, 3.63) is 29.3 Å². The number of anilines is 1. The molecular formula is C13H14F2N2O. The van der Waals surface area contributed by atoms with Gasteiger partial charge in [-0.1, -0.05) is 0 Å². The van der Waals surface area contributed by atoms with Crippen LogP contribution in [0.1, 0.15) is 25.3 Å². The summed E-state index contributed by atoms with van der Waals surface area (Å²) in [6.45, 7) is 2.51. The summed E-state index contributed by atoms with van der Waals surface area (Å²) in [7, 11) is 0. The molecule has 2 unspecified atom stereocenters. The highest BCUT2D eigenvalue weighted by Gasteiger charge is 2.21. The quantitative estimate of drug-likeness (QED) is 0.880. The minimum Gasteiger partial charge on any atom is -0.378 e. The molecule has 1 saturated heterocycles. The first kappa shape index (κ1) is 12.8. The van der Waals surface area contributed by atoms with E-state index in [-0.39, 0.29) is 23.4 Å². The molecule has 1 fully saturated rings. The molecule has 2 atom stereocenters. The second-order valence-electron chi connectivity index (χ2n) is 4.47. The van der Waals surface area contributed by atoms with Crippen LogP contribution in [0.25, 0.3) is 0 Å². The predicted octanol–water partition coefficient (Wildman–Crippen LogP) is 2.82. The standard InChI is InChI=1S/C13H14F2N2O/c1-8-4-10(2-3-18-8)17-13-11(14)5-9(7-16)6-12(13)15/h5-6,8,10,17H,2-4H2,1H3. The first-order valence-electron chi connectivity index (χ1n) is 5.87. The van der Waals surface area contributed by atoms with Crippen molar-refractivity contribution in [3.8, 4) is 6.07 Å². The number of hydrogen-bond donors (Lipinski definition) is 1. The third kappa shape index (κ3) is 2.77. The van der Waals surface area contributed by atoms with Gasteiger partial charge in [0, 0.05) is 12.6 Å². The summed E-state index contributed by atoms with van der Waals surface area (Å²) < 4.78 is 32.7. The van der Waals surface area contributed by atoms with Crippen LogP contribution < -0.4 is 5.32 Å². The van der Waals surface area contributed by atoms with Crippen molar-refractivity contribution in [1.82, 2.24) is 0 Å². The zero-order valence-electron chi connectivity index (χ0n) is 10.0. The molecule has 96 valence electrons. The summed E-state index contributed by atoms with van der Waals surface area (Å²) in [4.78, 5) is 0. The molecule has 1 N–H and O–H groups in total. The number of rotatable bonds is 2. The Bertz CT molecular complexity index is 461. The van der Waals surface area contributed by atoms with E-state index in [0.29, 0.717) is 19.4 Å². The molecule has 3 nitrogen and oxygen atoms in total. The van der Waals surface area contributed by atoms with E-state index in [0.717, 1.165) is 12.1 Å². The first-order valence-corrected chi connectivity index (χ1v) is 5.87. The molecule has 0 bridgehead atoms. The lowest BCUT2D eigenvalue weighted by Crippen LogP contribution is -2.33. The van der Waals surface area contributed by atoms with Crippen molar-refractivity contribution in [3.63, 3.8) is 0 Å². The maximum atomic E-state index is 13.7. The molecule has 1 aliphatic heterocycles. The van der Waals surface area contributed by atoms with E-state index in [1.165, 1.54) is 0 Å². The number of nitrogens with one attached hydrogen (secondary N) is 1. The van der Waals surface area contributed by atoms with Gasteiger partial charge >= 0.3 is 0 Å². The lowest BCUT2D eigenvalue weighted by molar-refractivity contribution is 0.0231. The van der Waals surface area contributed by atoms with Crippen LogP contribution >= 0.6 is 0 Å². The molecule has 5 heteroatoms. The maximum Gasteiger partial charge on any atom is 0.150 e. The summed E-state index contributed by atoms with van der Waals surface area (Å²) in [6.07, 6.45) is 1.50. The van der Waals surface area contributed by atoms with Gasteiger partial charge in [-0.05, 0) is 31.9 Å². The SMILES string of the molecule is CC1CC(Nc2c(F)cc(C#N)cc2F)CCO1. The fourth-order valence-electron chi connectivity index (χ4n) is 2.11. The fraction of sp³-hybridized carbons (Fsp3) is 0.462. The molecule has 0 aromatic heterocycles. The monoisotopic (exact) mass is 252 g/mol. The Morgan fingerprint density at radius 1 is 1.39 bits per heavy atom. The summed E-state index contributed by atoms with van der Waals surface area (Å²) in [5, 5.41) is 11.5. The molecule has 0 aliphatic carbocycles. The van der Waals surface area contributed by atoms with Gasteiger partial charge in [-0.25, -0.2) is 8.78 Å². The van der Waals surface area contributed by atoms with E-state index in [9.17, 15) is 8.78 Å². The van der Waals surface area contributed by atoms with E-state index in [1.807, 2.05) is 6.92 Å². The second kappa shape index (κ2) is 5.32. The highest BCUT2D eigenvalue weighted by Crippen LogP contribution is 2.24. The molecule has 2 rings (SSSR count). The molecule has 18 heavy (non-hydrogen) atoms. The maximum absolute atomic E-state index is 13.7. The summed E-state index contributed by atoms with van der Waals surface area (Å²) in [5.74, 6) is -1.46. The third-order valence-corrected chi connectivity index (χ3v) is 3.00. The van der Waals surface area contributed by atoms with Gasteiger partial charge in [0.1, 0.15) is 5.69 Å². The van der Waals surface area contributed by atoms with Gasteiger partial charge < -0.3 is 10.1 Å². The normalized spacial score (nSPS) is 23.4. The number of hydrogen-bond acceptors (Lipinski definition) is 3. The average molecular weight is 252 g/mol. The highest BCUT2D eigenvalue weighted by molar-refractivity contribution is 5.51. The smallest absolute Gasteiger partial charge is 0.150 e. The van der Waals surface area contributed by atoms with Gasteiger partial charge in [0.2, 0.25) is 0 Å². The van der Waals surface area contributed by atoms with Crippen molar-refractivity contribution in [2.75, 3.05) is 11.9 Å². The molecule has 0 amide bonds. The van der Waals surface area contributed by atoms with E-state index >= 15 is 0 Å². The predicted molar refractivity (Wildman–Crippen MR) is 63.1 cm³/mol. The first-order chi connectivity index (χ1) is 8.60. The van der Waals surface area contributed by atoms with Crippen LogP contribution in [0.3, 0.4) is 0 Å². The van der Waals surface area contributed by atoms with Crippen LogP contribution in [-0.4, -0.2) is 18.8 Å². The van der Waals surface area contributed by atoms with Gasteiger partial charge in [0.15, 0.2) is 11.6 Å². The molecule has 1 aliphatic rings. The Hall–Kier alpha value is -1.67. The van der Waals surface area contributed by atoms with Gasteiger partial charge in [0.05, 0.1) is 17.7 Å². The molecule has 1 aromatic rings. The van der Waals surface area contributed by atoms with Crippen molar-refractivity contribution >= 4 is 5.69 Å². The van der Waals surface area contributed by atoms with Crippen molar-refractivity contribution in [2.24, 2.45) is 0 Å². The number of benzene rings is 1. The third-order valence-electron chi connectivity index (χ3n) is 3.00. The Kier molecular flexibility index (Phi) is 3.78. The zero-order valence-corrected chi connectivity index (χ0v) is 10.0. The van der Waals surface area contributed by atoms with E-state index in [2.05, 4.69) is 5.32 Å². The lowest BCUT2D eigenvalue weighted by atomic mass is 10.0. The average Bonchev–Trinajstić information content (AvgIpc) is 2.33. The summed E-state index contributed by atoms with van der Waals surface area (Å²) in [5.41, 5.74) is -0.177. The number of halogens is 2. The van der Waals surface area contributed by atoms with Crippen molar-refractivity contribution < 1.29 is 13.5 Å². The van der Waals surface area contributed by atoms with E-state index in [4.69, 9.17) is 10.00 Å². The van der Waals surface area contributed by atoms with Crippen LogP contribution in [0.4, 0.5) is 14.5 Å². The van der Waals surface area contributed by atoms with Crippen molar-refractivity contribution in [2.45, 2.75) is 31.9 Å². The molecule has 1 heterocycles. The van der Waals surface area contributed by atoms with Crippen LogP contribution in [0.5, 0.6) is 0 Å². The minimum atomic E-state index is -0.731. The minimum absolute atomic E-state index is 0.00862. The van der Waals surface area contributed by atoms with Gasteiger partial charge in [-0.15, -0.1) is 0 Å². The second-order valence-corrected chi connectivity index (χ2v) is 4.47. The Morgan fingerprint density at radius 3 is 2.61 bits per heavy atom. The van der Waals surface area contributed by atoms with Crippen LogP contribution in [0.2, 0.25) is 0 Å². The van der Waals surface area contributed by atoms with Gasteiger partial charge in [0.25, 0.3) is 0 Å². The van der Waals surface area contributed by atoms with Crippen LogP contribution in [-0.2, 0) is 4.74 Å². The number of ether oxygens (including phenoxy) is 1. The Morgan fingerprint density at radius 2 is 2.06 bits per heavy atom. The van der Waals surface area contributed by atoms with Crippen molar-refractivity contribution in [1.29, 1.82) is 5.26 Å². The van der Waals surface area contributed by atoms with Crippen LogP contribution in [0.15, 0.2) is 12.1 Å². The molecule has 0 spiro atoms. The van der Waals surface area contributed by atoms with Crippen LogP contribution in [0, 0.1) is 23.0 Å². The lowest BCUT2D eigenvalue weighted by Gasteiger charge is -2.28. The Labute approximate surface area is 104 Å². The molecule has 0 radical (unpaired) electrons. The summed E-state index contributed by atoms with van der Waals surface area (Å²) >= 11 is 0. The highest BCUT2D eigenvalue weighted by atomic mass is 19.1. The number of nitriles is 1. The molecular weight excluding hydrogens is 238 g/mol. The largest absolute Gasteiger partial charge is 0.378 e. The molecule has 0 saturated carbocycles. The fourth-order valence-corrected chi connectivity index (χ4v) is 2.11. The van der Waals surface area contributed by atoms with Gasteiger partial charge in [-0.3, -0.25) is 0 Å². The number of nitrogens with zero attached hydrogens (tertiary/aromatic N) is 1. The topological polar surface area (TPSA) is 45.0 Å². The van der Waals surface area contributed by atoms with E-state index in [1.54, 1.807) is 6.07 Å². The zero-order chi connectivity index (χ0) is 13.1. The Balaban J connectivity index is 2.16. The molecule has 1 aromatic carbocycles. The summed E-state index contributed by atoms with van der Waals surface area (Å²) in [6, 6.07) is 3.78. The van der Waals surface area contributed by atoms with E-state index < -0.39 is 11.6 Å².